The van der Waals surface area contributed by atoms with Gasteiger partial charge in [-0.25, -0.2) is 4.98 Å². The maximum atomic E-state index is 10.1. The SMILES string of the molecule is COc1ccc(-c2nc(-c3cccc(Cl)c3)c(-c3ccccc3)[nH]2)cc1O. The predicted molar refractivity (Wildman–Crippen MR) is 108 cm³/mol. The van der Waals surface area contributed by atoms with Gasteiger partial charge in [0.15, 0.2) is 11.5 Å². The van der Waals surface area contributed by atoms with Gasteiger partial charge < -0.3 is 14.8 Å². The van der Waals surface area contributed by atoms with Crippen LogP contribution in [0.3, 0.4) is 0 Å². The van der Waals surface area contributed by atoms with Crippen molar-refractivity contribution in [2.24, 2.45) is 0 Å². The summed E-state index contributed by atoms with van der Waals surface area (Å²) in [6.07, 6.45) is 0. The molecule has 0 amide bonds. The summed E-state index contributed by atoms with van der Waals surface area (Å²) >= 11 is 6.19. The first kappa shape index (κ1) is 17.2. The van der Waals surface area contributed by atoms with Crippen molar-refractivity contribution < 1.29 is 9.84 Å². The number of phenols is 1. The van der Waals surface area contributed by atoms with Crippen LogP contribution in [0.2, 0.25) is 5.02 Å². The van der Waals surface area contributed by atoms with E-state index in [0.29, 0.717) is 16.6 Å². The summed E-state index contributed by atoms with van der Waals surface area (Å²) in [5, 5.41) is 10.8. The van der Waals surface area contributed by atoms with Crippen molar-refractivity contribution in [3.05, 3.63) is 77.8 Å². The molecule has 0 aliphatic heterocycles. The Bertz CT molecular complexity index is 1090. The van der Waals surface area contributed by atoms with Gasteiger partial charge >= 0.3 is 0 Å². The number of H-pyrrole nitrogens is 1. The van der Waals surface area contributed by atoms with Gasteiger partial charge in [-0.1, -0.05) is 54.1 Å². The van der Waals surface area contributed by atoms with Gasteiger partial charge in [0.25, 0.3) is 0 Å². The Kier molecular flexibility index (Phi) is 4.57. The zero-order chi connectivity index (χ0) is 18.8. The summed E-state index contributed by atoms with van der Waals surface area (Å²) in [6.45, 7) is 0. The molecule has 4 aromatic rings. The van der Waals surface area contributed by atoms with E-state index in [1.807, 2.05) is 60.7 Å². The molecule has 0 aliphatic rings. The van der Waals surface area contributed by atoms with Gasteiger partial charge in [-0.2, -0.15) is 0 Å². The number of hydrogen-bond donors (Lipinski definition) is 2. The van der Waals surface area contributed by atoms with Gasteiger partial charge in [0, 0.05) is 21.7 Å². The molecule has 27 heavy (non-hydrogen) atoms. The lowest BCUT2D eigenvalue weighted by Crippen LogP contribution is -1.86. The number of aromatic amines is 1. The third-order valence-corrected chi connectivity index (χ3v) is 4.55. The van der Waals surface area contributed by atoms with Gasteiger partial charge in [-0.3, -0.25) is 0 Å². The number of halogens is 1. The molecule has 0 unspecified atom stereocenters. The van der Waals surface area contributed by atoms with Crippen LogP contribution in [0, 0.1) is 0 Å². The predicted octanol–water partition coefficient (Wildman–Crippen LogP) is 5.78. The Morgan fingerprint density at radius 2 is 1.67 bits per heavy atom. The van der Waals surface area contributed by atoms with Crippen LogP contribution < -0.4 is 4.74 Å². The lowest BCUT2D eigenvalue weighted by atomic mass is 10.1. The monoisotopic (exact) mass is 376 g/mol. The summed E-state index contributed by atoms with van der Waals surface area (Å²) in [4.78, 5) is 8.19. The highest BCUT2D eigenvalue weighted by Crippen LogP contribution is 2.36. The molecule has 0 saturated carbocycles. The number of aromatic hydroxyl groups is 1. The summed E-state index contributed by atoms with van der Waals surface area (Å²) in [5.74, 6) is 1.14. The third-order valence-electron chi connectivity index (χ3n) is 4.32. The van der Waals surface area contributed by atoms with E-state index < -0.39 is 0 Å². The van der Waals surface area contributed by atoms with Gasteiger partial charge in [0.05, 0.1) is 18.5 Å². The molecule has 5 heteroatoms. The van der Waals surface area contributed by atoms with Crippen LogP contribution in [0.15, 0.2) is 72.8 Å². The van der Waals surface area contributed by atoms with E-state index in [0.717, 1.165) is 28.1 Å². The van der Waals surface area contributed by atoms with Crippen molar-refractivity contribution in [3.63, 3.8) is 0 Å². The Balaban J connectivity index is 1.89. The highest BCUT2D eigenvalue weighted by molar-refractivity contribution is 6.30. The second kappa shape index (κ2) is 7.17. The van der Waals surface area contributed by atoms with Gasteiger partial charge in [0.1, 0.15) is 5.82 Å². The minimum atomic E-state index is 0.0666. The number of benzene rings is 3. The van der Waals surface area contributed by atoms with E-state index in [1.54, 1.807) is 12.1 Å². The molecule has 0 atom stereocenters. The molecular weight excluding hydrogens is 360 g/mol. The molecule has 1 heterocycles. The minimum absolute atomic E-state index is 0.0666. The fourth-order valence-corrected chi connectivity index (χ4v) is 3.20. The summed E-state index contributed by atoms with van der Waals surface area (Å²) < 4.78 is 5.12. The molecule has 1 aromatic heterocycles. The zero-order valence-electron chi connectivity index (χ0n) is 14.6. The van der Waals surface area contributed by atoms with Crippen molar-refractivity contribution in [3.8, 4) is 45.4 Å². The molecule has 0 radical (unpaired) electrons. The highest BCUT2D eigenvalue weighted by Gasteiger charge is 2.16. The van der Waals surface area contributed by atoms with Crippen LogP contribution >= 0.6 is 11.6 Å². The smallest absolute Gasteiger partial charge is 0.160 e. The molecule has 0 fully saturated rings. The number of phenolic OH excluding ortho intramolecular Hbond substituents is 1. The number of nitrogens with one attached hydrogen (secondary N) is 1. The van der Waals surface area contributed by atoms with E-state index in [9.17, 15) is 5.11 Å². The summed E-state index contributed by atoms with van der Waals surface area (Å²) in [6, 6.07) is 22.8. The molecule has 4 nitrogen and oxygen atoms in total. The van der Waals surface area contributed by atoms with Crippen LogP contribution in [-0.4, -0.2) is 22.2 Å². The van der Waals surface area contributed by atoms with Crippen LogP contribution in [0.1, 0.15) is 0 Å². The fourth-order valence-electron chi connectivity index (χ4n) is 3.01. The quantitative estimate of drug-likeness (QED) is 0.474. The Morgan fingerprint density at radius 1 is 0.889 bits per heavy atom. The molecular formula is C22H17ClN2O2. The number of imidazole rings is 1. The average Bonchev–Trinajstić information content (AvgIpc) is 3.14. The van der Waals surface area contributed by atoms with Crippen molar-refractivity contribution in [2.75, 3.05) is 7.11 Å². The lowest BCUT2D eigenvalue weighted by molar-refractivity contribution is 0.373. The van der Waals surface area contributed by atoms with Crippen molar-refractivity contribution in [2.45, 2.75) is 0 Å². The maximum absolute atomic E-state index is 10.1. The van der Waals surface area contributed by atoms with Gasteiger partial charge in [0.2, 0.25) is 0 Å². The Labute approximate surface area is 162 Å². The summed E-state index contributed by atoms with van der Waals surface area (Å²) in [5.41, 5.74) is 4.39. The fraction of sp³-hybridized carbons (Fsp3) is 0.0455. The number of nitrogens with zero attached hydrogens (tertiary/aromatic N) is 1. The topological polar surface area (TPSA) is 58.1 Å². The Hall–Kier alpha value is -3.24. The number of methoxy groups -OCH3 is 1. The maximum Gasteiger partial charge on any atom is 0.160 e. The first-order chi connectivity index (χ1) is 13.2. The molecule has 134 valence electrons. The van der Waals surface area contributed by atoms with E-state index in [2.05, 4.69) is 4.98 Å². The average molecular weight is 377 g/mol. The minimum Gasteiger partial charge on any atom is -0.504 e. The molecule has 0 aliphatic carbocycles. The first-order valence-corrected chi connectivity index (χ1v) is 8.82. The van der Waals surface area contributed by atoms with Gasteiger partial charge in [-0.15, -0.1) is 0 Å². The molecule has 4 rings (SSSR count). The number of ether oxygens (including phenoxy) is 1. The lowest BCUT2D eigenvalue weighted by Gasteiger charge is -2.04. The number of hydrogen-bond acceptors (Lipinski definition) is 3. The van der Waals surface area contributed by atoms with Gasteiger partial charge in [-0.05, 0) is 30.3 Å². The van der Waals surface area contributed by atoms with Crippen LogP contribution in [0.25, 0.3) is 33.9 Å². The molecule has 2 N–H and O–H groups in total. The van der Waals surface area contributed by atoms with E-state index in [1.165, 1.54) is 7.11 Å². The zero-order valence-corrected chi connectivity index (χ0v) is 15.4. The molecule has 0 spiro atoms. The summed E-state index contributed by atoms with van der Waals surface area (Å²) in [7, 11) is 1.52. The standard InChI is InChI=1S/C22H17ClN2O2/c1-27-19-11-10-16(13-18(19)26)22-24-20(14-6-3-2-4-7-14)21(25-22)15-8-5-9-17(23)12-15/h2-13,26H,1H3,(H,24,25). The van der Waals surface area contributed by atoms with Crippen LogP contribution in [0.4, 0.5) is 0 Å². The third kappa shape index (κ3) is 3.39. The van der Waals surface area contributed by atoms with Crippen LogP contribution in [0.5, 0.6) is 11.5 Å². The molecule has 0 bridgehead atoms. The Morgan fingerprint density at radius 3 is 2.37 bits per heavy atom. The molecule has 3 aromatic carbocycles. The number of rotatable bonds is 4. The van der Waals surface area contributed by atoms with Crippen molar-refractivity contribution >= 4 is 11.6 Å². The highest BCUT2D eigenvalue weighted by atomic mass is 35.5. The number of aromatic nitrogens is 2. The molecule has 0 saturated heterocycles. The van der Waals surface area contributed by atoms with Crippen LogP contribution in [-0.2, 0) is 0 Å². The van der Waals surface area contributed by atoms with Crippen molar-refractivity contribution in [1.82, 2.24) is 9.97 Å². The largest absolute Gasteiger partial charge is 0.504 e. The second-order valence-electron chi connectivity index (χ2n) is 6.07. The van der Waals surface area contributed by atoms with Crippen molar-refractivity contribution in [1.29, 1.82) is 0 Å². The second-order valence-corrected chi connectivity index (χ2v) is 6.51. The normalized spacial score (nSPS) is 10.7. The van der Waals surface area contributed by atoms with E-state index >= 15 is 0 Å². The van der Waals surface area contributed by atoms with E-state index in [-0.39, 0.29) is 5.75 Å². The van der Waals surface area contributed by atoms with E-state index in [4.69, 9.17) is 21.3 Å². The first-order valence-electron chi connectivity index (χ1n) is 8.44.